The van der Waals surface area contributed by atoms with E-state index in [2.05, 4.69) is 18.7 Å². The van der Waals surface area contributed by atoms with Crippen LogP contribution in [0.5, 0.6) is 0 Å². The smallest absolute Gasteiger partial charge is 0.0918 e. The highest BCUT2D eigenvalue weighted by Gasteiger charge is 2.21. The minimum Gasteiger partial charge on any atom is -0.388 e. The predicted molar refractivity (Wildman–Crippen MR) is 55.9 cm³/mol. The summed E-state index contributed by atoms with van der Waals surface area (Å²) in [5.74, 6) is 1.91. The summed E-state index contributed by atoms with van der Waals surface area (Å²) in [6.45, 7) is 7.92. The summed E-state index contributed by atoms with van der Waals surface area (Å²) in [6.07, 6.45) is 2.07. The van der Waals surface area contributed by atoms with Gasteiger partial charge in [-0.25, -0.2) is 0 Å². The van der Waals surface area contributed by atoms with Gasteiger partial charge >= 0.3 is 0 Å². The molecule has 3 heteroatoms. The molecule has 13 heavy (non-hydrogen) atoms. The Morgan fingerprint density at radius 2 is 1.92 bits per heavy atom. The molecule has 2 atom stereocenters. The molecule has 1 saturated heterocycles. The summed E-state index contributed by atoms with van der Waals surface area (Å²) in [5, 5.41) is 7.16. The summed E-state index contributed by atoms with van der Waals surface area (Å²) in [6, 6.07) is 0. The molecule has 3 nitrogen and oxygen atoms in total. The highest BCUT2D eigenvalue weighted by Crippen LogP contribution is 2.20. The maximum absolute atomic E-state index is 7.16. The number of nitrogens with one attached hydrogen (secondary N) is 1. The number of likely N-dealkylation sites (tertiary alicyclic amines) is 1. The van der Waals surface area contributed by atoms with Gasteiger partial charge < -0.3 is 10.6 Å². The van der Waals surface area contributed by atoms with Gasteiger partial charge in [0.15, 0.2) is 0 Å². The van der Waals surface area contributed by atoms with E-state index < -0.39 is 0 Å². The maximum atomic E-state index is 7.16. The second kappa shape index (κ2) is 4.61. The van der Waals surface area contributed by atoms with E-state index in [-0.39, 0.29) is 0 Å². The molecule has 0 saturated carbocycles. The molecule has 3 N–H and O–H groups in total. The SMILES string of the molecule is CC1CC(C)CN(CCC(=N)N)C1. The number of amidine groups is 1. The summed E-state index contributed by atoms with van der Waals surface area (Å²) in [5.41, 5.74) is 5.34. The maximum Gasteiger partial charge on any atom is 0.0918 e. The number of hydrogen-bond acceptors (Lipinski definition) is 2. The highest BCUT2D eigenvalue weighted by atomic mass is 15.1. The molecule has 0 amide bonds. The van der Waals surface area contributed by atoms with E-state index >= 15 is 0 Å². The lowest BCUT2D eigenvalue weighted by Gasteiger charge is -2.34. The summed E-state index contributed by atoms with van der Waals surface area (Å²) in [4.78, 5) is 2.43. The topological polar surface area (TPSA) is 53.1 Å². The normalized spacial score (nSPS) is 30.3. The number of hydrogen-bond donors (Lipinski definition) is 2. The van der Waals surface area contributed by atoms with Gasteiger partial charge in [0.1, 0.15) is 0 Å². The van der Waals surface area contributed by atoms with Crippen LogP contribution in [0.1, 0.15) is 26.7 Å². The number of nitrogens with zero attached hydrogens (tertiary/aromatic N) is 1. The Morgan fingerprint density at radius 1 is 1.38 bits per heavy atom. The Labute approximate surface area is 80.8 Å². The average molecular weight is 183 g/mol. The molecule has 1 fully saturated rings. The van der Waals surface area contributed by atoms with E-state index in [1.54, 1.807) is 0 Å². The molecular weight excluding hydrogens is 162 g/mol. The fraction of sp³-hybridized carbons (Fsp3) is 0.900. The van der Waals surface area contributed by atoms with Crippen LogP contribution in [0.4, 0.5) is 0 Å². The van der Waals surface area contributed by atoms with Crippen LogP contribution in [0.25, 0.3) is 0 Å². The fourth-order valence-electron chi connectivity index (χ4n) is 2.25. The van der Waals surface area contributed by atoms with Crippen LogP contribution in [0.2, 0.25) is 0 Å². The van der Waals surface area contributed by atoms with Crippen LogP contribution >= 0.6 is 0 Å². The van der Waals surface area contributed by atoms with Crippen molar-refractivity contribution in [2.24, 2.45) is 17.6 Å². The second-order valence-electron chi connectivity index (χ2n) is 4.48. The van der Waals surface area contributed by atoms with Crippen molar-refractivity contribution in [3.05, 3.63) is 0 Å². The Bertz CT molecular complexity index is 169. The minimum absolute atomic E-state index is 0.311. The van der Waals surface area contributed by atoms with Crippen LogP contribution in [0.15, 0.2) is 0 Å². The lowest BCUT2D eigenvalue weighted by atomic mass is 9.92. The molecule has 0 aromatic rings. The first kappa shape index (κ1) is 10.5. The lowest BCUT2D eigenvalue weighted by Crippen LogP contribution is -2.40. The molecule has 0 aliphatic carbocycles. The first-order valence-corrected chi connectivity index (χ1v) is 5.13. The standard InChI is InChI=1S/C10H21N3/c1-8-5-9(2)7-13(6-8)4-3-10(11)12/h8-9H,3-7H2,1-2H3,(H3,11,12). The Kier molecular flexibility index (Phi) is 3.72. The van der Waals surface area contributed by atoms with E-state index in [1.807, 2.05) is 0 Å². The molecule has 2 unspecified atom stereocenters. The van der Waals surface area contributed by atoms with Gasteiger partial charge in [-0.05, 0) is 18.3 Å². The third-order valence-corrected chi connectivity index (χ3v) is 2.64. The molecule has 0 spiro atoms. The fourth-order valence-corrected chi connectivity index (χ4v) is 2.25. The molecule has 0 bridgehead atoms. The molecule has 1 rings (SSSR count). The van der Waals surface area contributed by atoms with Crippen molar-refractivity contribution >= 4 is 5.84 Å². The number of rotatable bonds is 3. The largest absolute Gasteiger partial charge is 0.388 e. The zero-order valence-corrected chi connectivity index (χ0v) is 8.71. The van der Waals surface area contributed by atoms with Crippen LogP contribution in [-0.4, -0.2) is 30.4 Å². The molecule has 0 radical (unpaired) electrons. The van der Waals surface area contributed by atoms with Gasteiger partial charge in [0.25, 0.3) is 0 Å². The quantitative estimate of drug-likeness (QED) is 0.511. The molecular formula is C10H21N3. The van der Waals surface area contributed by atoms with Gasteiger partial charge in [0.05, 0.1) is 5.84 Å². The number of piperidine rings is 1. The molecule has 1 heterocycles. The van der Waals surface area contributed by atoms with Crippen molar-refractivity contribution in [1.82, 2.24) is 4.90 Å². The minimum atomic E-state index is 0.311. The first-order chi connectivity index (χ1) is 6.08. The zero-order valence-electron chi connectivity index (χ0n) is 8.71. The highest BCUT2D eigenvalue weighted by molar-refractivity contribution is 5.76. The third-order valence-electron chi connectivity index (χ3n) is 2.64. The van der Waals surface area contributed by atoms with Crippen LogP contribution < -0.4 is 5.73 Å². The van der Waals surface area contributed by atoms with Crippen molar-refractivity contribution in [3.63, 3.8) is 0 Å². The van der Waals surface area contributed by atoms with Gasteiger partial charge in [-0.3, -0.25) is 5.41 Å². The molecule has 0 aromatic carbocycles. The average Bonchev–Trinajstić information content (AvgIpc) is 1.99. The van der Waals surface area contributed by atoms with Gasteiger partial charge in [0.2, 0.25) is 0 Å². The van der Waals surface area contributed by atoms with Gasteiger partial charge in [0, 0.05) is 26.1 Å². The van der Waals surface area contributed by atoms with Gasteiger partial charge in [-0.1, -0.05) is 13.8 Å². The molecule has 1 aliphatic rings. The van der Waals surface area contributed by atoms with Crippen molar-refractivity contribution in [2.75, 3.05) is 19.6 Å². The first-order valence-electron chi connectivity index (χ1n) is 5.13. The molecule has 1 aliphatic heterocycles. The Morgan fingerprint density at radius 3 is 2.38 bits per heavy atom. The third kappa shape index (κ3) is 3.77. The van der Waals surface area contributed by atoms with Gasteiger partial charge in [-0.15, -0.1) is 0 Å². The monoisotopic (exact) mass is 183 g/mol. The van der Waals surface area contributed by atoms with Crippen molar-refractivity contribution in [2.45, 2.75) is 26.7 Å². The van der Waals surface area contributed by atoms with E-state index in [0.717, 1.165) is 24.8 Å². The van der Waals surface area contributed by atoms with Crippen LogP contribution in [-0.2, 0) is 0 Å². The molecule has 76 valence electrons. The Hall–Kier alpha value is -0.570. The van der Waals surface area contributed by atoms with Crippen LogP contribution in [0.3, 0.4) is 0 Å². The zero-order chi connectivity index (χ0) is 9.84. The van der Waals surface area contributed by atoms with Crippen molar-refractivity contribution < 1.29 is 0 Å². The van der Waals surface area contributed by atoms with E-state index in [0.29, 0.717) is 5.84 Å². The van der Waals surface area contributed by atoms with E-state index in [9.17, 15) is 0 Å². The van der Waals surface area contributed by atoms with E-state index in [1.165, 1.54) is 19.5 Å². The Balaban J connectivity index is 2.28. The van der Waals surface area contributed by atoms with E-state index in [4.69, 9.17) is 11.1 Å². The lowest BCUT2D eigenvalue weighted by molar-refractivity contribution is 0.144. The van der Waals surface area contributed by atoms with Crippen molar-refractivity contribution in [1.29, 1.82) is 5.41 Å². The van der Waals surface area contributed by atoms with Crippen molar-refractivity contribution in [3.8, 4) is 0 Å². The predicted octanol–water partition coefficient (Wildman–Crippen LogP) is 1.29. The summed E-state index contributed by atoms with van der Waals surface area (Å²) < 4.78 is 0. The van der Waals surface area contributed by atoms with Crippen LogP contribution in [0, 0.1) is 17.2 Å². The summed E-state index contributed by atoms with van der Waals surface area (Å²) >= 11 is 0. The van der Waals surface area contributed by atoms with Gasteiger partial charge in [-0.2, -0.15) is 0 Å². The molecule has 0 aromatic heterocycles. The number of nitrogens with two attached hydrogens (primary N) is 1. The second-order valence-corrected chi connectivity index (χ2v) is 4.48. The summed E-state index contributed by atoms with van der Waals surface area (Å²) in [7, 11) is 0.